The second-order valence-corrected chi connectivity index (χ2v) is 8.11. The van der Waals surface area contributed by atoms with E-state index in [4.69, 9.17) is 0 Å². The molecule has 0 aliphatic heterocycles. The first kappa shape index (κ1) is 20.7. The molecule has 0 spiro atoms. The number of aliphatic hydroxyl groups excluding tert-OH is 1. The minimum atomic E-state index is -1.62. The quantitative estimate of drug-likeness (QED) is 0.407. The molecule has 2 atom stereocenters. The maximum atomic E-state index is 14.2. The van der Waals surface area contributed by atoms with Gasteiger partial charge in [0.05, 0.1) is 6.10 Å². The molecule has 0 aromatic heterocycles. The first-order valence-electron chi connectivity index (χ1n) is 8.93. The minimum Gasteiger partial charge on any atom is -0.393 e. The summed E-state index contributed by atoms with van der Waals surface area (Å²) in [5, 5.41) is 12.2. The van der Waals surface area contributed by atoms with E-state index < -0.39 is 35.3 Å². The van der Waals surface area contributed by atoms with Gasteiger partial charge in [-0.25, -0.2) is 17.6 Å². The van der Waals surface area contributed by atoms with Gasteiger partial charge in [0.15, 0.2) is 17.5 Å². The molecule has 28 heavy (non-hydrogen) atoms. The maximum absolute atomic E-state index is 14.2. The van der Waals surface area contributed by atoms with E-state index in [2.05, 4.69) is 5.32 Å². The molecule has 0 saturated heterocycles. The maximum Gasteiger partial charge on any atom is 0.255 e. The number of nitrogens with one attached hydrogen (secondary N) is 1. The third kappa shape index (κ3) is 5.05. The van der Waals surface area contributed by atoms with Gasteiger partial charge in [-0.1, -0.05) is 12.8 Å². The van der Waals surface area contributed by atoms with Crippen LogP contribution < -0.4 is 5.32 Å². The van der Waals surface area contributed by atoms with Crippen LogP contribution in [-0.2, 0) is 0 Å². The molecule has 2 aromatic rings. The highest BCUT2D eigenvalue weighted by Gasteiger charge is 2.21. The van der Waals surface area contributed by atoms with Crippen LogP contribution in [0, 0.1) is 23.3 Å². The third-order valence-corrected chi connectivity index (χ3v) is 5.91. The average Bonchev–Trinajstić information content (AvgIpc) is 2.85. The summed E-state index contributed by atoms with van der Waals surface area (Å²) in [6, 6.07) is 5.11. The van der Waals surface area contributed by atoms with Crippen LogP contribution in [0.2, 0.25) is 0 Å². The van der Waals surface area contributed by atoms with Crippen LogP contribution in [0.3, 0.4) is 0 Å². The molecular weight excluding hydrogens is 394 g/mol. The van der Waals surface area contributed by atoms with E-state index in [1.54, 1.807) is 0 Å². The van der Waals surface area contributed by atoms with Gasteiger partial charge in [0.2, 0.25) is 0 Å². The van der Waals surface area contributed by atoms with Gasteiger partial charge in [0, 0.05) is 33.5 Å². The van der Waals surface area contributed by atoms with Crippen molar-refractivity contribution in [3.05, 3.63) is 59.2 Å². The minimum absolute atomic E-state index is 0.0330. The molecule has 1 aliphatic carbocycles. The number of carbonyl (C=O) groups is 1. The van der Waals surface area contributed by atoms with Crippen molar-refractivity contribution in [1.29, 1.82) is 0 Å². The number of halogens is 4. The molecular formula is C20H19F4NO2S. The Kier molecular flexibility index (Phi) is 6.61. The summed E-state index contributed by atoms with van der Waals surface area (Å²) < 4.78 is 53.8. The molecule has 1 saturated carbocycles. The van der Waals surface area contributed by atoms with Gasteiger partial charge < -0.3 is 10.4 Å². The van der Waals surface area contributed by atoms with E-state index in [0.717, 1.165) is 31.7 Å². The summed E-state index contributed by atoms with van der Waals surface area (Å²) in [4.78, 5) is 12.6. The van der Waals surface area contributed by atoms with Crippen LogP contribution in [-0.4, -0.2) is 22.4 Å². The molecule has 0 unspecified atom stereocenters. The van der Waals surface area contributed by atoms with Crippen LogP contribution in [0.25, 0.3) is 0 Å². The largest absolute Gasteiger partial charge is 0.393 e. The van der Waals surface area contributed by atoms with E-state index in [0.29, 0.717) is 18.6 Å². The zero-order chi connectivity index (χ0) is 20.3. The monoisotopic (exact) mass is 413 g/mol. The van der Waals surface area contributed by atoms with Crippen molar-refractivity contribution in [3.8, 4) is 0 Å². The van der Waals surface area contributed by atoms with Crippen molar-refractivity contribution >= 4 is 23.4 Å². The number of amides is 1. The van der Waals surface area contributed by atoms with E-state index in [1.165, 1.54) is 23.9 Å². The van der Waals surface area contributed by atoms with E-state index in [1.807, 2.05) is 0 Å². The number of hydrogen-bond acceptors (Lipinski definition) is 3. The summed E-state index contributed by atoms with van der Waals surface area (Å²) in [6.45, 7) is 0. The Morgan fingerprint density at radius 2 is 1.68 bits per heavy atom. The Hall–Kier alpha value is -2.06. The van der Waals surface area contributed by atoms with Crippen LogP contribution in [0.4, 0.5) is 23.2 Å². The molecule has 2 aromatic carbocycles. The zero-order valence-corrected chi connectivity index (χ0v) is 15.7. The summed E-state index contributed by atoms with van der Waals surface area (Å²) in [7, 11) is 0. The Balaban J connectivity index is 1.75. The topological polar surface area (TPSA) is 49.3 Å². The van der Waals surface area contributed by atoms with Crippen LogP contribution in [0.1, 0.15) is 42.5 Å². The number of carbonyl (C=O) groups excluding carboxylic acids is 1. The lowest BCUT2D eigenvalue weighted by Gasteiger charge is -2.17. The van der Waals surface area contributed by atoms with Gasteiger partial charge in [-0.2, -0.15) is 0 Å². The van der Waals surface area contributed by atoms with Gasteiger partial charge in [0.1, 0.15) is 5.82 Å². The molecule has 8 heteroatoms. The number of anilines is 1. The summed E-state index contributed by atoms with van der Waals surface area (Å²) in [5.41, 5.74) is -0.143. The first-order valence-corrected chi connectivity index (χ1v) is 9.81. The predicted molar refractivity (Wildman–Crippen MR) is 99.4 cm³/mol. The van der Waals surface area contributed by atoms with Gasteiger partial charge in [-0.3, -0.25) is 4.79 Å². The number of rotatable bonds is 4. The number of benzene rings is 2. The Labute approximate surface area is 164 Å². The molecule has 3 rings (SSSR count). The smallest absolute Gasteiger partial charge is 0.255 e. The molecule has 0 radical (unpaired) electrons. The normalized spacial score (nSPS) is 19.9. The lowest BCUT2D eigenvalue weighted by atomic mass is 10.2. The van der Waals surface area contributed by atoms with Crippen LogP contribution in [0.15, 0.2) is 35.2 Å². The zero-order valence-electron chi connectivity index (χ0n) is 14.9. The summed E-state index contributed by atoms with van der Waals surface area (Å²) in [5.74, 6) is -5.65. The third-order valence-electron chi connectivity index (χ3n) is 4.58. The highest BCUT2D eigenvalue weighted by atomic mass is 32.2. The number of hydrogen-bond donors (Lipinski definition) is 2. The molecule has 1 aliphatic rings. The number of thioether (sulfide) groups is 1. The highest BCUT2D eigenvalue weighted by molar-refractivity contribution is 8.00. The summed E-state index contributed by atoms with van der Waals surface area (Å²) in [6.07, 6.45) is 3.57. The van der Waals surface area contributed by atoms with E-state index in [9.17, 15) is 27.5 Å². The SMILES string of the molecule is O=C(Nc1cc(F)c(F)c(F)c1)c1ccc(F)c(S[C@@H]2CCCC[C@H](O)C2)c1. The fourth-order valence-electron chi connectivity index (χ4n) is 3.14. The van der Waals surface area contributed by atoms with Gasteiger partial charge in [-0.15, -0.1) is 11.8 Å². The van der Waals surface area contributed by atoms with Gasteiger partial charge >= 0.3 is 0 Å². The lowest BCUT2D eigenvalue weighted by molar-refractivity contribution is 0.102. The average molecular weight is 413 g/mol. The lowest BCUT2D eigenvalue weighted by Crippen LogP contribution is -2.14. The Morgan fingerprint density at radius 3 is 2.39 bits per heavy atom. The molecule has 150 valence electrons. The Bertz CT molecular complexity index is 854. The van der Waals surface area contributed by atoms with Crippen molar-refractivity contribution in [2.45, 2.75) is 48.4 Å². The van der Waals surface area contributed by atoms with Crippen molar-refractivity contribution in [2.75, 3.05) is 5.32 Å². The van der Waals surface area contributed by atoms with Crippen LogP contribution >= 0.6 is 11.8 Å². The van der Waals surface area contributed by atoms with E-state index in [-0.39, 0.29) is 21.4 Å². The fraction of sp³-hybridized carbons (Fsp3) is 0.350. The van der Waals surface area contributed by atoms with Crippen LogP contribution in [0.5, 0.6) is 0 Å². The molecule has 1 amide bonds. The van der Waals surface area contributed by atoms with Crippen molar-refractivity contribution in [2.24, 2.45) is 0 Å². The molecule has 1 fully saturated rings. The molecule has 0 bridgehead atoms. The van der Waals surface area contributed by atoms with E-state index >= 15 is 0 Å². The predicted octanol–water partition coefficient (Wildman–Crippen LogP) is 5.28. The Morgan fingerprint density at radius 1 is 1.00 bits per heavy atom. The number of aliphatic hydroxyl groups is 1. The molecule has 0 heterocycles. The second-order valence-electron chi connectivity index (χ2n) is 6.77. The summed E-state index contributed by atoms with van der Waals surface area (Å²) >= 11 is 1.27. The fourth-order valence-corrected chi connectivity index (χ4v) is 4.48. The van der Waals surface area contributed by atoms with Crippen molar-refractivity contribution < 1.29 is 27.5 Å². The van der Waals surface area contributed by atoms with Gasteiger partial charge in [-0.05, 0) is 37.5 Å². The standard InChI is InChI=1S/C20H19F4NO2S/c21-15-6-5-11(7-18(15)28-14-4-2-1-3-13(26)10-14)20(27)25-12-8-16(22)19(24)17(23)9-12/h5-9,13-14,26H,1-4,10H2,(H,25,27)/t13-,14+/m0/s1. The van der Waals surface area contributed by atoms with Crippen molar-refractivity contribution in [1.82, 2.24) is 0 Å². The van der Waals surface area contributed by atoms with Gasteiger partial charge in [0.25, 0.3) is 5.91 Å². The first-order chi connectivity index (χ1) is 13.3. The van der Waals surface area contributed by atoms with Crippen molar-refractivity contribution in [3.63, 3.8) is 0 Å². The molecule has 3 nitrogen and oxygen atoms in total. The molecule has 2 N–H and O–H groups in total. The second kappa shape index (κ2) is 8.96. The highest BCUT2D eigenvalue weighted by Crippen LogP contribution is 2.35.